The molecule has 9 heteroatoms. The zero-order valence-corrected chi connectivity index (χ0v) is 21.3. The Morgan fingerprint density at radius 2 is 1.55 bits per heavy atom. The van der Waals surface area contributed by atoms with Gasteiger partial charge in [-0.3, -0.25) is 25.2 Å². The second-order valence-electron chi connectivity index (χ2n) is 7.48. The number of ether oxygens (including phenoxy) is 1. The molecule has 0 radical (unpaired) electrons. The summed E-state index contributed by atoms with van der Waals surface area (Å²) in [6, 6.07) is 15.1. The lowest BCUT2D eigenvalue weighted by molar-refractivity contribution is -0.130. The summed E-state index contributed by atoms with van der Waals surface area (Å²) in [6.07, 6.45) is -0.0745. The van der Waals surface area contributed by atoms with E-state index in [1.165, 1.54) is 0 Å². The lowest BCUT2D eigenvalue weighted by Crippen LogP contribution is -2.44. The molecule has 3 rings (SSSR count). The molecule has 0 aliphatic rings. The number of carbonyl (C=O) groups excluding carboxylic acids is 3. The minimum Gasteiger partial charge on any atom is -0.483 e. The van der Waals surface area contributed by atoms with Crippen LogP contribution in [0.5, 0.6) is 5.75 Å². The zero-order valence-electron chi connectivity index (χ0n) is 18.1. The summed E-state index contributed by atoms with van der Waals surface area (Å²) in [6.45, 7) is 3.67. The summed E-state index contributed by atoms with van der Waals surface area (Å²) < 4.78 is 7.27. The van der Waals surface area contributed by atoms with Crippen molar-refractivity contribution >= 4 is 66.0 Å². The van der Waals surface area contributed by atoms with Crippen LogP contribution >= 0.6 is 31.9 Å². The van der Waals surface area contributed by atoms with Crippen LogP contribution in [0.4, 0.5) is 5.69 Å². The molecular weight excluding hydrogens is 554 g/mol. The van der Waals surface area contributed by atoms with Crippen molar-refractivity contribution in [2.45, 2.75) is 26.7 Å². The Labute approximate surface area is 208 Å². The van der Waals surface area contributed by atoms with Crippen LogP contribution in [0, 0.1) is 13.8 Å². The number of aryl methyl sites for hydroxylation is 2. The third-order valence-corrected chi connectivity index (χ3v) is 6.26. The van der Waals surface area contributed by atoms with Crippen LogP contribution in [0.25, 0.3) is 10.8 Å². The highest BCUT2D eigenvalue weighted by molar-refractivity contribution is 9.11. The number of carbonyl (C=O) groups is 3. The molecule has 0 aliphatic carbocycles. The number of rotatable bonds is 7. The second kappa shape index (κ2) is 11.3. The molecule has 0 unspecified atom stereocenters. The number of hydrogen-bond acceptors (Lipinski definition) is 4. The number of fused-ring (bicyclic) bond motifs is 1. The Hall–Kier alpha value is -2.91. The number of anilines is 1. The van der Waals surface area contributed by atoms with E-state index in [4.69, 9.17) is 4.74 Å². The first-order valence-corrected chi connectivity index (χ1v) is 11.8. The molecule has 0 bridgehead atoms. The molecule has 0 saturated carbocycles. The van der Waals surface area contributed by atoms with Crippen LogP contribution < -0.4 is 20.9 Å². The molecule has 0 saturated heterocycles. The summed E-state index contributed by atoms with van der Waals surface area (Å²) in [5, 5.41) is 4.72. The van der Waals surface area contributed by atoms with Gasteiger partial charge in [0.2, 0.25) is 11.8 Å². The third-order valence-electron chi connectivity index (χ3n) is 4.95. The molecule has 3 amide bonds. The van der Waals surface area contributed by atoms with E-state index in [-0.39, 0.29) is 25.4 Å². The highest BCUT2D eigenvalue weighted by atomic mass is 79.9. The Balaban J connectivity index is 1.40. The topological polar surface area (TPSA) is 96.5 Å². The van der Waals surface area contributed by atoms with Crippen LogP contribution in [0.3, 0.4) is 0 Å². The highest BCUT2D eigenvalue weighted by Gasteiger charge is 2.11. The maximum absolute atomic E-state index is 12.0. The van der Waals surface area contributed by atoms with Crippen molar-refractivity contribution in [1.29, 1.82) is 0 Å². The number of benzene rings is 3. The quantitative estimate of drug-likeness (QED) is 0.348. The maximum atomic E-state index is 12.0. The first-order chi connectivity index (χ1) is 15.7. The fourth-order valence-electron chi connectivity index (χ4n) is 3.01. The van der Waals surface area contributed by atoms with Crippen molar-refractivity contribution in [1.82, 2.24) is 10.9 Å². The Kier molecular flexibility index (Phi) is 8.46. The van der Waals surface area contributed by atoms with Crippen LogP contribution in [0.15, 0.2) is 57.5 Å². The summed E-state index contributed by atoms with van der Waals surface area (Å²) in [5.41, 5.74) is 7.46. The molecule has 0 fully saturated rings. The van der Waals surface area contributed by atoms with E-state index < -0.39 is 11.8 Å². The van der Waals surface area contributed by atoms with E-state index in [9.17, 15) is 14.4 Å². The molecule has 3 aromatic carbocycles. The van der Waals surface area contributed by atoms with Gasteiger partial charge in [-0.05, 0) is 82.0 Å². The van der Waals surface area contributed by atoms with E-state index in [1.54, 1.807) is 6.07 Å². The average Bonchev–Trinajstić information content (AvgIpc) is 2.78. The Morgan fingerprint density at radius 1 is 0.818 bits per heavy atom. The number of hydrazine groups is 1. The van der Waals surface area contributed by atoms with Crippen molar-refractivity contribution in [3.63, 3.8) is 0 Å². The van der Waals surface area contributed by atoms with E-state index in [0.29, 0.717) is 11.4 Å². The van der Waals surface area contributed by atoms with Gasteiger partial charge in [0, 0.05) is 23.0 Å². The van der Waals surface area contributed by atoms with Crippen LogP contribution in [-0.2, 0) is 14.4 Å². The van der Waals surface area contributed by atoms with Gasteiger partial charge in [-0.25, -0.2) is 0 Å². The van der Waals surface area contributed by atoms with Gasteiger partial charge in [0.15, 0.2) is 6.61 Å². The van der Waals surface area contributed by atoms with Crippen molar-refractivity contribution in [3.8, 4) is 5.75 Å². The molecule has 33 heavy (non-hydrogen) atoms. The molecule has 0 heterocycles. The smallest absolute Gasteiger partial charge is 0.276 e. The second-order valence-corrected chi connectivity index (χ2v) is 9.18. The first kappa shape index (κ1) is 24.7. The highest BCUT2D eigenvalue weighted by Crippen LogP contribution is 2.34. The molecule has 0 atom stereocenters. The van der Waals surface area contributed by atoms with Gasteiger partial charge >= 0.3 is 0 Å². The number of hydrogen-bond donors (Lipinski definition) is 3. The van der Waals surface area contributed by atoms with Crippen molar-refractivity contribution in [2.75, 3.05) is 11.9 Å². The lowest BCUT2D eigenvalue weighted by atomic mass is 10.1. The standard InChI is InChI=1S/C24H23Br2N3O4/c1-14-3-6-18(11-15(14)2)27-21(30)9-10-22(31)28-29-23(32)13-33-20-8-4-16-12-17(25)5-7-19(16)24(20)26/h3-8,11-12H,9-10,13H2,1-2H3,(H,27,30)(H,28,31)(H,29,32). The fraction of sp³-hybridized carbons (Fsp3) is 0.208. The minimum atomic E-state index is -0.522. The average molecular weight is 577 g/mol. The van der Waals surface area contributed by atoms with Gasteiger partial charge in [0.25, 0.3) is 5.91 Å². The molecule has 0 aromatic heterocycles. The minimum absolute atomic E-state index is 0.00865. The van der Waals surface area contributed by atoms with Crippen LogP contribution in [-0.4, -0.2) is 24.3 Å². The lowest BCUT2D eigenvalue weighted by Gasteiger charge is -2.11. The third kappa shape index (κ3) is 7.03. The van der Waals surface area contributed by atoms with Gasteiger partial charge in [-0.1, -0.05) is 34.1 Å². The molecule has 3 aromatic rings. The van der Waals surface area contributed by atoms with Crippen LogP contribution in [0.2, 0.25) is 0 Å². The van der Waals surface area contributed by atoms with Crippen LogP contribution in [0.1, 0.15) is 24.0 Å². The maximum Gasteiger partial charge on any atom is 0.276 e. The molecular formula is C24H23Br2N3O4. The van der Waals surface area contributed by atoms with E-state index in [1.807, 2.05) is 56.3 Å². The number of nitrogens with one attached hydrogen (secondary N) is 3. The zero-order chi connectivity index (χ0) is 24.0. The van der Waals surface area contributed by atoms with Gasteiger partial charge in [0.1, 0.15) is 5.75 Å². The fourth-order valence-corrected chi connectivity index (χ4v) is 3.99. The first-order valence-electron chi connectivity index (χ1n) is 10.2. The van der Waals surface area contributed by atoms with Gasteiger partial charge in [-0.15, -0.1) is 0 Å². The molecule has 0 aliphatic heterocycles. The van der Waals surface area contributed by atoms with Gasteiger partial charge in [0.05, 0.1) is 4.47 Å². The van der Waals surface area contributed by atoms with Crippen molar-refractivity contribution in [2.24, 2.45) is 0 Å². The molecule has 172 valence electrons. The van der Waals surface area contributed by atoms with Gasteiger partial charge < -0.3 is 10.1 Å². The van der Waals surface area contributed by atoms with Crippen molar-refractivity contribution < 1.29 is 19.1 Å². The molecule has 0 spiro atoms. The summed E-state index contributed by atoms with van der Waals surface area (Å²) in [4.78, 5) is 36.0. The Bertz CT molecular complexity index is 1210. The number of halogens is 2. The SMILES string of the molecule is Cc1ccc(NC(=O)CCC(=O)NNC(=O)COc2ccc3cc(Br)ccc3c2Br)cc1C. The Morgan fingerprint density at radius 3 is 2.30 bits per heavy atom. The summed E-state index contributed by atoms with van der Waals surface area (Å²) >= 11 is 6.94. The van der Waals surface area contributed by atoms with E-state index in [0.717, 1.165) is 30.8 Å². The largest absolute Gasteiger partial charge is 0.483 e. The molecule has 3 N–H and O–H groups in total. The van der Waals surface area contributed by atoms with Crippen molar-refractivity contribution in [3.05, 3.63) is 68.6 Å². The predicted molar refractivity (Wildman–Crippen MR) is 135 cm³/mol. The predicted octanol–water partition coefficient (Wildman–Crippen LogP) is 4.93. The number of amides is 3. The van der Waals surface area contributed by atoms with E-state index >= 15 is 0 Å². The normalized spacial score (nSPS) is 10.5. The summed E-state index contributed by atoms with van der Waals surface area (Å²) in [7, 11) is 0. The monoisotopic (exact) mass is 575 g/mol. The van der Waals surface area contributed by atoms with Gasteiger partial charge in [-0.2, -0.15) is 0 Å². The molecule has 7 nitrogen and oxygen atoms in total. The van der Waals surface area contributed by atoms with E-state index in [2.05, 4.69) is 48.0 Å². The summed E-state index contributed by atoms with van der Waals surface area (Å²) in [5.74, 6) is -0.771.